The SMILES string of the molecule is O=C(Cn1nnc(-c2cccs2)n1)c1c[nH]c(C(=O)N2CCCC2)c1. The summed E-state index contributed by atoms with van der Waals surface area (Å²) in [6.07, 6.45) is 3.62. The zero-order valence-corrected chi connectivity index (χ0v) is 14.2. The molecule has 3 aromatic heterocycles. The number of thiophene rings is 1. The first kappa shape index (κ1) is 15.7. The summed E-state index contributed by atoms with van der Waals surface area (Å²) in [7, 11) is 0. The van der Waals surface area contributed by atoms with Crippen molar-refractivity contribution < 1.29 is 9.59 Å². The number of carbonyl (C=O) groups excluding carboxylic acids is 2. The molecule has 1 fully saturated rings. The fourth-order valence-corrected chi connectivity index (χ4v) is 3.45. The van der Waals surface area contributed by atoms with Crippen molar-refractivity contribution in [3.05, 3.63) is 41.0 Å². The Kier molecular flexibility index (Phi) is 4.14. The highest BCUT2D eigenvalue weighted by atomic mass is 32.1. The second kappa shape index (κ2) is 6.60. The van der Waals surface area contributed by atoms with Gasteiger partial charge in [-0.2, -0.15) is 4.80 Å². The second-order valence-corrected chi connectivity index (χ2v) is 6.79. The van der Waals surface area contributed by atoms with Gasteiger partial charge in [-0.15, -0.1) is 21.5 Å². The topological polar surface area (TPSA) is 96.8 Å². The third kappa shape index (κ3) is 3.22. The lowest BCUT2D eigenvalue weighted by atomic mass is 10.2. The molecule has 4 heterocycles. The van der Waals surface area contributed by atoms with E-state index in [4.69, 9.17) is 0 Å². The van der Waals surface area contributed by atoms with Gasteiger partial charge in [0.05, 0.1) is 4.88 Å². The van der Waals surface area contributed by atoms with Gasteiger partial charge >= 0.3 is 0 Å². The summed E-state index contributed by atoms with van der Waals surface area (Å²) in [4.78, 5) is 31.6. The van der Waals surface area contributed by atoms with Crippen LogP contribution in [0, 0.1) is 0 Å². The number of likely N-dealkylation sites (tertiary alicyclic amines) is 1. The highest BCUT2D eigenvalue weighted by Crippen LogP contribution is 2.19. The van der Waals surface area contributed by atoms with E-state index >= 15 is 0 Å². The van der Waals surface area contributed by atoms with Gasteiger partial charge in [0.25, 0.3) is 5.91 Å². The molecular formula is C16H16N6O2S. The maximum Gasteiger partial charge on any atom is 0.270 e. The fraction of sp³-hybridized carbons (Fsp3) is 0.312. The highest BCUT2D eigenvalue weighted by molar-refractivity contribution is 7.13. The monoisotopic (exact) mass is 356 g/mol. The molecule has 0 aliphatic carbocycles. The van der Waals surface area contributed by atoms with Gasteiger partial charge in [-0.1, -0.05) is 6.07 Å². The second-order valence-electron chi connectivity index (χ2n) is 5.85. The zero-order valence-electron chi connectivity index (χ0n) is 13.4. The molecule has 9 heteroatoms. The minimum absolute atomic E-state index is 0.0203. The van der Waals surface area contributed by atoms with Crippen LogP contribution in [0.2, 0.25) is 0 Å². The standard InChI is InChI=1S/C16H16N6O2S/c23-13(10-22-19-15(18-20-22)14-4-3-7-25-14)11-8-12(17-9-11)16(24)21-5-1-2-6-21/h3-4,7-9,17H,1-2,5-6,10H2. The maximum absolute atomic E-state index is 12.4. The number of amides is 1. The Balaban J connectivity index is 1.44. The van der Waals surface area contributed by atoms with Crippen LogP contribution in [0.5, 0.6) is 0 Å². The van der Waals surface area contributed by atoms with Gasteiger partial charge in [-0.05, 0) is 35.6 Å². The highest BCUT2D eigenvalue weighted by Gasteiger charge is 2.22. The molecule has 1 amide bonds. The summed E-state index contributed by atoms with van der Waals surface area (Å²) in [6, 6.07) is 5.40. The van der Waals surface area contributed by atoms with Crippen molar-refractivity contribution in [2.75, 3.05) is 13.1 Å². The lowest BCUT2D eigenvalue weighted by Gasteiger charge is -2.13. The molecule has 0 radical (unpaired) electrons. The van der Waals surface area contributed by atoms with Gasteiger partial charge in [0.15, 0.2) is 5.78 Å². The smallest absolute Gasteiger partial charge is 0.270 e. The fourth-order valence-electron chi connectivity index (χ4n) is 2.80. The van der Waals surface area contributed by atoms with Crippen LogP contribution in [0.15, 0.2) is 29.8 Å². The number of rotatable bonds is 5. The summed E-state index contributed by atoms with van der Waals surface area (Å²) >= 11 is 1.51. The lowest BCUT2D eigenvalue weighted by Crippen LogP contribution is -2.27. The van der Waals surface area contributed by atoms with E-state index in [1.165, 1.54) is 16.1 Å². The minimum atomic E-state index is -0.174. The molecule has 1 N–H and O–H groups in total. The van der Waals surface area contributed by atoms with Crippen molar-refractivity contribution in [3.8, 4) is 10.7 Å². The van der Waals surface area contributed by atoms with Gasteiger partial charge in [0, 0.05) is 24.8 Å². The third-order valence-electron chi connectivity index (χ3n) is 4.11. The number of nitrogens with zero attached hydrogens (tertiary/aromatic N) is 5. The van der Waals surface area contributed by atoms with Crippen LogP contribution in [0.1, 0.15) is 33.7 Å². The molecule has 0 bridgehead atoms. The van der Waals surface area contributed by atoms with E-state index in [9.17, 15) is 9.59 Å². The molecule has 1 aliphatic heterocycles. The van der Waals surface area contributed by atoms with E-state index in [0.717, 1.165) is 30.8 Å². The Bertz CT molecular complexity index is 892. The number of hydrogen-bond acceptors (Lipinski definition) is 6. The maximum atomic E-state index is 12.4. The van der Waals surface area contributed by atoms with Crippen LogP contribution < -0.4 is 0 Å². The Labute approximate surface area is 147 Å². The summed E-state index contributed by atoms with van der Waals surface area (Å²) in [5, 5.41) is 14.0. The number of tetrazole rings is 1. The predicted molar refractivity (Wildman–Crippen MR) is 91.4 cm³/mol. The number of aromatic amines is 1. The molecule has 0 atom stereocenters. The molecule has 1 saturated heterocycles. The Morgan fingerprint density at radius 2 is 2.12 bits per heavy atom. The third-order valence-corrected chi connectivity index (χ3v) is 4.97. The van der Waals surface area contributed by atoms with Crippen molar-refractivity contribution in [3.63, 3.8) is 0 Å². The molecule has 3 aromatic rings. The average molecular weight is 356 g/mol. The van der Waals surface area contributed by atoms with E-state index in [-0.39, 0.29) is 18.2 Å². The normalized spacial score (nSPS) is 14.2. The van der Waals surface area contributed by atoms with Crippen LogP contribution in [0.4, 0.5) is 0 Å². The Hall–Kier alpha value is -2.81. The van der Waals surface area contributed by atoms with Crippen LogP contribution in [-0.2, 0) is 6.54 Å². The first-order chi connectivity index (χ1) is 12.2. The first-order valence-corrected chi connectivity index (χ1v) is 8.91. The van der Waals surface area contributed by atoms with Crippen molar-refractivity contribution in [1.29, 1.82) is 0 Å². The number of hydrogen-bond donors (Lipinski definition) is 1. The van der Waals surface area contributed by atoms with E-state index in [2.05, 4.69) is 20.4 Å². The van der Waals surface area contributed by atoms with Crippen molar-refractivity contribution in [1.82, 2.24) is 30.1 Å². The van der Waals surface area contributed by atoms with Gasteiger partial charge < -0.3 is 9.88 Å². The van der Waals surface area contributed by atoms with Crippen LogP contribution >= 0.6 is 11.3 Å². The van der Waals surface area contributed by atoms with E-state index in [0.29, 0.717) is 17.1 Å². The number of aromatic nitrogens is 5. The van der Waals surface area contributed by atoms with Crippen LogP contribution in [-0.4, -0.2) is 54.9 Å². The Morgan fingerprint density at radius 1 is 1.28 bits per heavy atom. The van der Waals surface area contributed by atoms with Crippen molar-refractivity contribution >= 4 is 23.0 Å². The van der Waals surface area contributed by atoms with E-state index < -0.39 is 0 Å². The van der Waals surface area contributed by atoms with Gasteiger partial charge in [0.1, 0.15) is 12.2 Å². The summed E-state index contributed by atoms with van der Waals surface area (Å²) in [6.45, 7) is 1.53. The lowest BCUT2D eigenvalue weighted by molar-refractivity contribution is 0.0787. The predicted octanol–water partition coefficient (Wildman–Crippen LogP) is 1.85. The van der Waals surface area contributed by atoms with Gasteiger partial charge in [0.2, 0.25) is 5.82 Å². The molecule has 25 heavy (non-hydrogen) atoms. The summed E-state index contributed by atoms with van der Waals surface area (Å²) in [5.74, 6) is 0.268. The van der Waals surface area contributed by atoms with Crippen molar-refractivity contribution in [2.45, 2.75) is 19.4 Å². The number of Topliss-reactive ketones (excluding diaryl/α,β-unsaturated/α-hetero) is 1. The van der Waals surface area contributed by atoms with E-state index in [1.807, 2.05) is 17.5 Å². The summed E-state index contributed by atoms with van der Waals surface area (Å²) < 4.78 is 0. The van der Waals surface area contributed by atoms with Crippen LogP contribution in [0.25, 0.3) is 10.7 Å². The first-order valence-electron chi connectivity index (χ1n) is 8.03. The number of nitrogens with one attached hydrogen (secondary N) is 1. The number of ketones is 1. The van der Waals surface area contributed by atoms with E-state index in [1.54, 1.807) is 17.2 Å². The quantitative estimate of drug-likeness (QED) is 0.704. The molecule has 0 unspecified atom stereocenters. The molecule has 4 rings (SSSR count). The molecule has 128 valence electrons. The zero-order chi connectivity index (χ0) is 17.2. The van der Waals surface area contributed by atoms with Gasteiger partial charge in [-0.25, -0.2) is 0 Å². The molecule has 8 nitrogen and oxygen atoms in total. The Morgan fingerprint density at radius 3 is 2.88 bits per heavy atom. The molecule has 0 aromatic carbocycles. The largest absolute Gasteiger partial charge is 0.356 e. The van der Waals surface area contributed by atoms with Gasteiger partial charge in [-0.3, -0.25) is 9.59 Å². The molecular weight excluding hydrogens is 340 g/mol. The van der Waals surface area contributed by atoms with Crippen LogP contribution in [0.3, 0.4) is 0 Å². The van der Waals surface area contributed by atoms with Crippen molar-refractivity contribution in [2.24, 2.45) is 0 Å². The minimum Gasteiger partial charge on any atom is -0.356 e. The average Bonchev–Trinajstić information content (AvgIpc) is 3.42. The molecule has 0 saturated carbocycles. The number of carbonyl (C=O) groups is 2. The summed E-state index contributed by atoms with van der Waals surface area (Å²) in [5.41, 5.74) is 0.883. The number of H-pyrrole nitrogens is 1. The molecule has 1 aliphatic rings. The molecule has 0 spiro atoms.